The summed E-state index contributed by atoms with van der Waals surface area (Å²) in [6.07, 6.45) is -0.0129. The van der Waals surface area contributed by atoms with Crippen LogP contribution in [-0.4, -0.2) is 20.6 Å². The lowest BCUT2D eigenvalue weighted by molar-refractivity contribution is -0.136. The maximum absolute atomic E-state index is 11.0. The Hall–Kier alpha value is -2.10. The van der Waals surface area contributed by atoms with Crippen LogP contribution < -0.4 is 0 Å². The van der Waals surface area contributed by atoms with Gasteiger partial charge in [0.05, 0.1) is 17.8 Å². The minimum absolute atomic E-state index is 0.0129. The lowest BCUT2D eigenvalue weighted by atomic mass is 10.1. The van der Waals surface area contributed by atoms with Gasteiger partial charge >= 0.3 is 5.97 Å². The first-order valence-corrected chi connectivity index (χ1v) is 5.83. The molecule has 0 saturated carbocycles. The Balaban J connectivity index is 2.63. The van der Waals surface area contributed by atoms with Crippen molar-refractivity contribution in [2.45, 2.75) is 27.2 Å². The van der Waals surface area contributed by atoms with E-state index < -0.39 is 5.97 Å². The highest BCUT2D eigenvalue weighted by molar-refractivity contribution is 5.70. The van der Waals surface area contributed by atoms with Crippen molar-refractivity contribution >= 4 is 5.97 Å². The molecule has 0 aliphatic rings. The van der Waals surface area contributed by atoms with Crippen LogP contribution in [0.2, 0.25) is 0 Å². The minimum Gasteiger partial charge on any atom is -0.481 e. The Morgan fingerprint density at radius 2 is 1.94 bits per heavy atom. The third kappa shape index (κ3) is 2.14. The summed E-state index contributed by atoms with van der Waals surface area (Å²) < 4.78 is 1.93. The number of carbonyl (C=O) groups is 1. The summed E-state index contributed by atoms with van der Waals surface area (Å²) in [6, 6.07) is 7.90. The fraction of sp³-hybridized carbons (Fsp3) is 0.286. The SMILES string of the molecule is Cc1ccccc1-n1c(C)nc(C)c1CC(=O)O. The third-order valence-corrected chi connectivity index (χ3v) is 3.02. The van der Waals surface area contributed by atoms with Gasteiger partial charge in [-0.1, -0.05) is 18.2 Å². The molecule has 0 aliphatic carbocycles. The summed E-state index contributed by atoms with van der Waals surface area (Å²) in [4.78, 5) is 15.3. The quantitative estimate of drug-likeness (QED) is 0.902. The number of carboxylic acid groups (broad SMARTS) is 1. The van der Waals surface area contributed by atoms with Gasteiger partial charge < -0.3 is 5.11 Å². The number of nitrogens with zero attached hydrogens (tertiary/aromatic N) is 2. The van der Waals surface area contributed by atoms with Gasteiger partial charge in [0, 0.05) is 5.69 Å². The lowest BCUT2D eigenvalue weighted by Gasteiger charge is -2.12. The number of carboxylic acids is 1. The van der Waals surface area contributed by atoms with Crippen molar-refractivity contribution in [1.29, 1.82) is 0 Å². The average Bonchev–Trinajstić information content (AvgIpc) is 2.55. The molecule has 0 bridgehead atoms. The molecule has 0 radical (unpaired) electrons. The third-order valence-electron chi connectivity index (χ3n) is 3.02. The number of imidazole rings is 1. The van der Waals surface area contributed by atoms with Crippen LogP contribution in [0.4, 0.5) is 0 Å². The molecule has 4 nitrogen and oxygen atoms in total. The molecule has 18 heavy (non-hydrogen) atoms. The van der Waals surface area contributed by atoms with E-state index in [1.807, 2.05) is 49.6 Å². The molecule has 0 fully saturated rings. The standard InChI is InChI=1S/C14H16N2O2/c1-9-6-4-5-7-12(9)16-11(3)15-10(2)13(16)8-14(17)18/h4-7H,8H2,1-3H3,(H,17,18). The van der Waals surface area contributed by atoms with Crippen LogP contribution in [0.5, 0.6) is 0 Å². The first-order chi connectivity index (χ1) is 8.50. The van der Waals surface area contributed by atoms with E-state index in [-0.39, 0.29) is 6.42 Å². The van der Waals surface area contributed by atoms with Crippen molar-refractivity contribution < 1.29 is 9.90 Å². The van der Waals surface area contributed by atoms with Crippen LogP contribution in [-0.2, 0) is 11.2 Å². The molecule has 94 valence electrons. The molecule has 4 heteroatoms. The van der Waals surface area contributed by atoms with Crippen molar-refractivity contribution in [1.82, 2.24) is 9.55 Å². The number of aromatic nitrogens is 2. The molecule has 2 rings (SSSR count). The second kappa shape index (κ2) is 4.64. The van der Waals surface area contributed by atoms with E-state index in [4.69, 9.17) is 5.11 Å². The van der Waals surface area contributed by atoms with E-state index in [0.717, 1.165) is 28.5 Å². The predicted octanol–water partition coefficient (Wildman–Crippen LogP) is 2.42. The van der Waals surface area contributed by atoms with Crippen LogP contribution in [0.3, 0.4) is 0 Å². The van der Waals surface area contributed by atoms with E-state index in [1.54, 1.807) is 0 Å². The van der Waals surface area contributed by atoms with E-state index in [0.29, 0.717) is 0 Å². The Labute approximate surface area is 106 Å². The molecule has 0 amide bonds. The highest BCUT2D eigenvalue weighted by Gasteiger charge is 2.16. The Bertz CT molecular complexity index is 600. The van der Waals surface area contributed by atoms with Gasteiger partial charge in [0.2, 0.25) is 0 Å². The summed E-state index contributed by atoms with van der Waals surface area (Å²) in [5.74, 6) is -0.0223. The molecule has 1 N–H and O–H groups in total. The second-order valence-electron chi connectivity index (χ2n) is 4.38. The van der Waals surface area contributed by atoms with Crippen molar-refractivity contribution in [3.8, 4) is 5.69 Å². The van der Waals surface area contributed by atoms with Crippen LogP contribution in [0.1, 0.15) is 22.8 Å². The number of aliphatic carboxylic acids is 1. The number of aryl methyl sites for hydroxylation is 3. The summed E-state index contributed by atoms with van der Waals surface area (Å²) in [7, 11) is 0. The highest BCUT2D eigenvalue weighted by atomic mass is 16.4. The van der Waals surface area contributed by atoms with E-state index in [9.17, 15) is 4.79 Å². The summed E-state index contributed by atoms with van der Waals surface area (Å²) >= 11 is 0. The molecule has 1 heterocycles. The second-order valence-corrected chi connectivity index (χ2v) is 4.38. The van der Waals surface area contributed by atoms with Gasteiger partial charge in [0.25, 0.3) is 0 Å². The highest BCUT2D eigenvalue weighted by Crippen LogP contribution is 2.21. The number of para-hydroxylation sites is 1. The summed E-state index contributed by atoms with van der Waals surface area (Å²) in [5, 5.41) is 9.00. The molecule has 1 aromatic heterocycles. The van der Waals surface area contributed by atoms with Gasteiger partial charge in [-0.15, -0.1) is 0 Å². The minimum atomic E-state index is -0.840. The average molecular weight is 244 g/mol. The number of rotatable bonds is 3. The predicted molar refractivity (Wildman–Crippen MR) is 69.1 cm³/mol. The van der Waals surface area contributed by atoms with Gasteiger partial charge in [0.1, 0.15) is 5.82 Å². The van der Waals surface area contributed by atoms with Crippen molar-refractivity contribution in [2.24, 2.45) is 0 Å². The maximum Gasteiger partial charge on any atom is 0.309 e. The summed E-state index contributed by atoms with van der Waals surface area (Å²) in [5.41, 5.74) is 3.61. The molecule has 2 aromatic rings. The number of hydrogen-bond donors (Lipinski definition) is 1. The van der Waals surface area contributed by atoms with Gasteiger partial charge in [-0.3, -0.25) is 9.36 Å². The topological polar surface area (TPSA) is 55.1 Å². The molecule has 0 unspecified atom stereocenters. The zero-order chi connectivity index (χ0) is 13.3. The molecular weight excluding hydrogens is 228 g/mol. The monoisotopic (exact) mass is 244 g/mol. The van der Waals surface area contributed by atoms with Gasteiger partial charge in [-0.2, -0.15) is 0 Å². The van der Waals surface area contributed by atoms with Crippen LogP contribution in [0, 0.1) is 20.8 Å². The summed E-state index contributed by atoms with van der Waals surface area (Å²) in [6.45, 7) is 5.75. The van der Waals surface area contributed by atoms with Gasteiger partial charge in [-0.25, -0.2) is 4.98 Å². The number of hydrogen-bond acceptors (Lipinski definition) is 2. The largest absolute Gasteiger partial charge is 0.481 e. The molecule has 0 aliphatic heterocycles. The Morgan fingerprint density at radius 1 is 1.28 bits per heavy atom. The molecular formula is C14H16N2O2. The van der Waals surface area contributed by atoms with Crippen LogP contribution in [0.25, 0.3) is 5.69 Å². The van der Waals surface area contributed by atoms with Crippen LogP contribution >= 0.6 is 0 Å². The Kier molecular flexibility index (Phi) is 3.19. The van der Waals surface area contributed by atoms with Crippen LogP contribution in [0.15, 0.2) is 24.3 Å². The van der Waals surface area contributed by atoms with Crippen molar-refractivity contribution in [3.05, 3.63) is 47.0 Å². The van der Waals surface area contributed by atoms with E-state index >= 15 is 0 Å². The van der Waals surface area contributed by atoms with E-state index in [1.165, 1.54) is 0 Å². The lowest BCUT2D eigenvalue weighted by Crippen LogP contribution is -2.09. The molecule has 1 aromatic carbocycles. The first-order valence-electron chi connectivity index (χ1n) is 5.83. The fourth-order valence-corrected chi connectivity index (χ4v) is 2.20. The fourth-order valence-electron chi connectivity index (χ4n) is 2.20. The van der Waals surface area contributed by atoms with Gasteiger partial charge in [-0.05, 0) is 32.4 Å². The zero-order valence-corrected chi connectivity index (χ0v) is 10.8. The first kappa shape index (κ1) is 12.4. The molecule has 0 atom stereocenters. The van der Waals surface area contributed by atoms with Gasteiger partial charge in [0.15, 0.2) is 0 Å². The van der Waals surface area contributed by atoms with Crippen molar-refractivity contribution in [3.63, 3.8) is 0 Å². The Morgan fingerprint density at radius 3 is 2.56 bits per heavy atom. The normalized spacial score (nSPS) is 10.6. The van der Waals surface area contributed by atoms with Crippen molar-refractivity contribution in [2.75, 3.05) is 0 Å². The van der Waals surface area contributed by atoms with E-state index in [2.05, 4.69) is 4.98 Å². The zero-order valence-electron chi connectivity index (χ0n) is 10.8. The molecule has 0 spiro atoms. The smallest absolute Gasteiger partial charge is 0.309 e. The maximum atomic E-state index is 11.0. The molecule has 0 saturated heterocycles. The number of benzene rings is 1.